The highest BCUT2D eigenvalue weighted by atomic mass is 16.5. The molecular weight excluding hydrogens is 230 g/mol. The molecule has 1 aromatic rings. The van der Waals surface area contributed by atoms with E-state index in [0.717, 1.165) is 25.9 Å². The third-order valence-corrected chi connectivity index (χ3v) is 3.54. The smallest absolute Gasteiger partial charge is 0.261 e. The molecule has 2 heterocycles. The van der Waals surface area contributed by atoms with E-state index in [1.165, 1.54) is 4.90 Å². The van der Waals surface area contributed by atoms with Crippen LogP contribution in [0, 0.1) is 0 Å². The number of rotatable bonds is 2. The maximum Gasteiger partial charge on any atom is 0.261 e. The summed E-state index contributed by atoms with van der Waals surface area (Å²) in [6.07, 6.45) is 3.10. The Labute approximate surface area is 106 Å². The summed E-state index contributed by atoms with van der Waals surface area (Å²) >= 11 is 0. The molecule has 2 aliphatic heterocycles. The topological polar surface area (TPSA) is 46.6 Å². The standard InChI is InChI=1S/C14H15NO3/c16-13-11-6-1-2-7-12(11)14(17)15(13)9-10-5-3-4-8-18-10/h1-2,6-7,10H,3-5,8-9H2. The van der Waals surface area contributed by atoms with E-state index in [-0.39, 0.29) is 17.9 Å². The minimum absolute atomic E-state index is 0.000891. The molecule has 0 bridgehead atoms. The average Bonchev–Trinajstić information content (AvgIpc) is 2.66. The van der Waals surface area contributed by atoms with Crippen LogP contribution in [0.5, 0.6) is 0 Å². The Balaban J connectivity index is 1.79. The number of carbonyl (C=O) groups is 2. The summed E-state index contributed by atoms with van der Waals surface area (Å²) in [6.45, 7) is 1.11. The molecule has 2 aliphatic rings. The molecule has 94 valence electrons. The lowest BCUT2D eigenvalue weighted by Gasteiger charge is -2.26. The number of benzene rings is 1. The molecule has 1 aromatic carbocycles. The summed E-state index contributed by atoms with van der Waals surface area (Å²) in [5.41, 5.74) is 1.02. The van der Waals surface area contributed by atoms with Gasteiger partial charge in [-0.05, 0) is 31.4 Å². The Kier molecular flexibility index (Phi) is 2.88. The normalized spacial score (nSPS) is 23.3. The molecule has 0 radical (unpaired) electrons. The van der Waals surface area contributed by atoms with Crippen LogP contribution in [-0.4, -0.2) is 36.0 Å². The van der Waals surface area contributed by atoms with E-state index < -0.39 is 0 Å². The van der Waals surface area contributed by atoms with Gasteiger partial charge >= 0.3 is 0 Å². The van der Waals surface area contributed by atoms with Gasteiger partial charge in [-0.1, -0.05) is 12.1 Å². The summed E-state index contributed by atoms with van der Waals surface area (Å²) in [7, 11) is 0. The van der Waals surface area contributed by atoms with Crippen LogP contribution in [0.15, 0.2) is 24.3 Å². The van der Waals surface area contributed by atoms with Crippen LogP contribution in [0.2, 0.25) is 0 Å². The maximum absolute atomic E-state index is 12.1. The van der Waals surface area contributed by atoms with Crippen LogP contribution < -0.4 is 0 Å². The van der Waals surface area contributed by atoms with Crippen molar-refractivity contribution in [3.8, 4) is 0 Å². The highest BCUT2D eigenvalue weighted by Crippen LogP contribution is 2.24. The van der Waals surface area contributed by atoms with Crippen LogP contribution in [0.3, 0.4) is 0 Å². The first kappa shape index (κ1) is 11.4. The fourth-order valence-corrected chi connectivity index (χ4v) is 2.56. The minimum Gasteiger partial charge on any atom is -0.376 e. The van der Waals surface area contributed by atoms with Crippen molar-refractivity contribution in [1.29, 1.82) is 0 Å². The van der Waals surface area contributed by atoms with E-state index in [1.807, 2.05) is 0 Å². The van der Waals surface area contributed by atoms with Gasteiger partial charge in [0.25, 0.3) is 11.8 Å². The molecule has 1 fully saturated rings. The van der Waals surface area contributed by atoms with Crippen molar-refractivity contribution < 1.29 is 14.3 Å². The Bertz CT molecular complexity index is 457. The summed E-state index contributed by atoms with van der Waals surface area (Å²) in [6, 6.07) is 6.98. The van der Waals surface area contributed by atoms with Crippen LogP contribution in [0.4, 0.5) is 0 Å². The van der Waals surface area contributed by atoms with Gasteiger partial charge in [0.1, 0.15) is 0 Å². The van der Waals surface area contributed by atoms with Crippen LogP contribution in [-0.2, 0) is 4.74 Å². The Morgan fingerprint density at radius 1 is 1.11 bits per heavy atom. The minimum atomic E-state index is -0.190. The van der Waals surface area contributed by atoms with E-state index in [4.69, 9.17) is 4.74 Å². The highest BCUT2D eigenvalue weighted by molar-refractivity contribution is 6.21. The lowest BCUT2D eigenvalue weighted by atomic mass is 10.1. The van der Waals surface area contributed by atoms with Gasteiger partial charge in [0, 0.05) is 6.61 Å². The second kappa shape index (κ2) is 4.53. The maximum atomic E-state index is 12.1. The van der Waals surface area contributed by atoms with Crippen molar-refractivity contribution in [2.75, 3.05) is 13.2 Å². The Morgan fingerprint density at radius 3 is 2.33 bits per heavy atom. The zero-order valence-corrected chi connectivity index (χ0v) is 10.1. The number of fused-ring (bicyclic) bond motifs is 1. The predicted molar refractivity (Wildman–Crippen MR) is 65.4 cm³/mol. The van der Waals surface area contributed by atoms with Gasteiger partial charge in [0.15, 0.2) is 0 Å². The first-order valence-electron chi connectivity index (χ1n) is 6.34. The molecule has 4 heteroatoms. The van der Waals surface area contributed by atoms with Crippen LogP contribution >= 0.6 is 0 Å². The Morgan fingerprint density at radius 2 is 1.78 bits per heavy atom. The summed E-state index contributed by atoms with van der Waals surface area (Å²) in [5.74, 6) is -0.380. The number of carbonyl (C=O) groups excluding carboxylic acids is 2. The summed E-state index contributed by atoms with van der Waals surface area (Å²) < 4.78 is 5.59. The van der Waals surface area contributed by atoms with Crippen LogP contribution in [0.25, 0.3) is 0 Å². The van der Waals surface area contributed by atoms with Gasteiger partial charge in [0.2, 0.25) is 0 Å². The molecule has 4 nitrogen and oxygen atoms in total. The predicted octanol–water partition coefficient (Wildman–Crippen LogP) is 1.85. The number of amides is 2. The summed E-state index contributed by atoms with van der Waals surface area (Å²) in [5, 5.41) is 0. The van der Waals surface area contributed by atoms with Crippen molar-refractivity contribution in [3.63, 3.8) is 0 Å². The van der Waals surface area contributed by atoms with E-state index in [1.54, 1.807) is 24.3 Å². The molecule has 1 saturated heterocycles. The molecule has 0 aromatic heterocycles. The van der Waals surface area contributed by atoms with Gasteiger partial charge in [-0.25, -0.2) is 0 Å². The first-order chi connectivity index (χ1) is 8.77. The van der Waals surface area contributed by atoms with Gasteiger partial charge < -0.3 is 4.74 Å². The fraction of sp³-hybridized carbons (Fsp3) is 0.429. The molecule has 0 saturated carbocycles. The largest absolute Gasteiger partial charge is 0.376 e. The fourth-order valence-electron chi connectivity index (χ4n) is 2.56. The average molecular weight is 245 g/mol. The summed E-state index contributed by atoms with van der Waals surface area (Å²) in [4.78, 5) is 25.6. The monoisotopic (exact) mass is 245 g/mol. The molecular formula is C14H15NO3. The number of imide groups is 1. The van der Waals surface area contributed by atoms with Gasteiger partial charge in [-0.3, -0.25) is 14.5 Å². The van der Waals surface area contributed by atoms with Crippen molar-refractivity contribution in [1.82, 2.24) is 4.90 Å². The van der Waals surface area contributed by atoms with Crippen molar-refractivity contribution >= 4 is 11.8 Å². The number of hydrogen-bond donors (Lipinski definition) is 0. The quantitative estimate of drug-likeness (QED) is 0.747. The molecule has 2 amide bonds. The molecule has 0 spiro atoms. The lowest BCUT2D eigenvalue weighted by molar-refractivity contribution is -0.00111. The van der Waals surface area contributed by atoms with E-state index in [9.17, 15) is 9.59 Å². The van der Waals surface area contributed by atoms with E-state index >= 15 is 0 Å². The van der Waals surface area contributed by atoms with E-state index in [2.05, 4.69) is 0 Å². The van der Waals surface area contributed by atoms with Crippen molar-refractivity contribution in [2.24, 2.45) is 0 Å². The van der Waals surface area contributed by atoms with Gasteiger partial charge in [0.05, 0.1) is 23.8 Å². The molecule has 18 heavy (non-hydrogen) atoms. The molecule has 0 N–H and O–H groups in total. The second-order valence-corrected chi connectivity index (χ2v) is 4.76. The molecule has 1 unspecified atom stereocenters. The van der Waals surface area contributed by atoms with Crippen molar-refractivity contribution in [2.45, 2.75) is 25.4 Å². The van der Waals surface area contributed by atoms with Gasteiger partial charge in [-0.15, -0.1) is 0 Å². The molecule has 3 rings (SSSR count). The zero-order chi connectivity index (χ0) is 12.5. The molecule has 1 atom stereocenters. The van der Waals surface area contributed by atoms with Crippen molar-refractivity contribution in [3.05, 3.63) is 35.4 Å². The third kappa shape index (κ3) is 1.82. The number of ether oxygens (including phenoxy) is 1. The third-order valence-electron chi connectivity index (χ3n) is 3.54. The molecule has 0 aliphatic carbocycles. The first-order valence-corrected chi connectivity index (χ1v) is 6.34. The zero-order valence-electron chi connectivity index (χ0n) is 10.1. The highest BCUT2D eigenvalue weighted by Gasteiger charge is 2.36. The Hall–Kier alpha value is -1.68. The number of nitrogens with zero attached hydrogens (tertiary/aromatic N) is 1. The SMILES string of the molecule is O=C1c2ccccc2C(=O)N1CC1CCCCO1. The second-order valence-electron chi connectivity index (χ2n) is 4.76. The van der Waals surface area contributed by atoms with Gasteiger partial charge in [-0.2, -0.15) is 0 Å². The van der Waals surface area contributed by atoms with Crippen LogP contribution in [0.1, 0.15) is 40.0 Å². The van der Waals surface area contributed by atoms with E-state index in [0.29, 0.717) is 17.7 Å². The number of hydrogen-bond acceptors (Lipinski definition) is 3. The lowest BCUT2D eigenvalue weighted by Crippen LogP contribution is -2.39.